The Labute approximate surface area is 147 Å². The van der Waals surface area contributed by atoms with Gasteiger partial charge in [0.2, 0.25) is 5.91 Å². The summed E-state index contributed by atoms with van der Waals surface area (Å²) in [6.45, 7) is -0.298. The maximum absolute atomic E-state index is 12.3. The molecule has 0 aliphatic heterocycles. The zero-order valence-corrected chi connectivity index (χ0v) is 14.7. The Bertz CT molecular complexity index is 867. The smallest absolute Gasteiger partial charge is 0.261 e. The molecule has 0 bridgehead atoms. The molecule has 2 aromatic carbocycles. The van der Waals surface area contributed by atoms with Gasteiger partial charge in [-0.15, -0.1) is 0 Å². The number of amides is 2. The van der Waals surface area contributed by atoms with Gasteiger partial charge in [-0.3, -0.25) is 14.3 Å². The Morgan fingerprint density at radius 3 is 2.38 bits per heavy atom. The van der Waals surface area contributed by atoms with E-state index in [1.165, 1.54) is 36.4 Å². The topological polar surface area (TPSA) is 118 Å². The summed E-state index contributed by atoms with van der Waals surface area (Å²) in [5, 5.41) is 2.33. The van der Waals surface area contributed by atoms with Gasteiger partial charge in [0.15, 0.2) is 0 Å². The summed E-state index contributed by atoms with van der Waals surface area (Å²) in [6, 6.07) is 12.0. The van der Waals surface area contributed by atoms with Gasteiger partial charge in [0, 0.05) is 15.7 Å². The van der Waals surface area contributed by atoms with E-state index in [4.69, 9.17) is 5.73 Å². The normalized spacial score (nSPS) is 10.9. The SMILES string of the molecule is NC(=O)CNC(=O)c1cccc(NS(=O)(=O)c2ccc(Br)cc2)c1. The lowest BCUT2D eigenvalue weighted by atomic mass is 10.2. The van der Waals surface area contributed by atoms with Crippen molar-refractivity contribution in [2.75, 3.05) is 11.3 Å². The van der Waals surface area contributed by atoms with Gasteiger partial charge < -0.3 is 11.1 Å². The Morgan fingerprint density at radius 1 is 1.08 bits per heavy atom. The first kappa shape index (κ1) is 18.0. The first-order valence-electron chi connectivity index (χ1n) is 6.73. The molecule has 2 amide bonds. The molecule has 4 N–H and O–H groups in total. The molecule has 24 heavy (non-hydrogen) atoms. The van der Waals surface area contributed by atoms with E-state index in [0.717, 1.165) is 4.47 Å². The summed E-state index contributed by atoms with van der Waals surface area (Å²) in [5.74, 6) is -1.20. The molecular formula is C15H14BrN3O4S. The summed E-state index contributed by atoms with van der Waals surface area (Å²) >= 11 is 3.24. The van der Waals surface area contributed by atoms with E-state index in [0.29, 0.717) is 0 Å². The third-order valence-electron chi connectivity index (χ3n) is 2.92. The predicted molar refractivity (Wildman–Crippen MR) is 92.9 cm³/mol. The van der Waals surface area contributed by atoms with Crippen LogP contribution in [0.15, 0.2) is 57.9 Å². The molecule has 126 valence electrons. The van der Waals surface area contributed by atoms with Crippen LogP contribution in [0.4, 0.5) is 5.69 Å². The molecule has 0 fully saturated rings. The number of anilines is 1. The van der Waals surface area contributed by atoms with Crippen molar-refractivity contribution in [3.63, 3.8) is 0 Å². The maximum Gasteiger partial charge on any atom is 0.261 e. The molecule has 0 atom stereocenters. The highest BCUT2D eigenvalue weighted by atomic mass is 79.9. The standard InChI is InChI=1S/C15H14BrN3O4S/c16-11-4-6-13(7-5-11)24(22,23)19-12-3-1-2-10(8-12)15(21)18-9-14(17)20/h1-8,19H,9H2,(H2,17,20)(H,18,21). The molecule has 0 heterocycles. The minimum absolute atomic E-state index is 0.0919. The van der Waals surface area contributed by atoms with E-state index in [-0.39, 0.29) is 22.7 Å². The molecule has 0 spiro atoms. The summed E-state index contributed by atoms with van der Waals surface area (Å²) in [6.07, 6.45) is 0. The number of hydrogen-bond donors (Lipinski definition) is 3. The van der Waals surface area contributed by atoms with Gasteiger partial charge in [-0.05, 0) is 42.5 Å². The highest BCUT2D eigenvalue weighted by molar-refractivity contribution is 9.10. The van der Waals surface area contributed by atoms with Crippen LogP contribution in [0.1, 0.15) is 10.4 Å². The van der Waals surface area contributed by atoms with Crippen molar-refractivity contribution < 1.29 is 18.0 Å². The van der Waals surface area contributed by atoms with E-state index in [1.54, 1.807) is 12.1 Å². The van der Waals surface area contributed by atoms with E-state index < -0.39 is 21.8 Å². The number of primary amides is 1. The summed E-state index contributed by atoms with van der Waals surface area (Å²) in [4.78, 5) is 22.6. The number of hydrogen-bond acceptors (Lipinski definition) is 4. The fourth-order valence-corrected chi connectivity index (χ4v) is 3.14. The van der Waals surface area contributed by atoms with E-state index in [2.05, 4.69) is 26.0 Å². The molecule has 2 aromatic rings. The largest absolute Gasteiger partial charge is 0.368 e. The van der Waals surface area contributed by atoms with Crippen molar-refractivity contribution in [1.29, 1.82) is 0 Å². The molecule has 0 radical (unpaired) electrons. The van der Waals surface area contributed by atoms with Crippen molar-refractivity contribution >= 4 is 43.5 Å². The fourth-order valence-electron chi connectivity index (χ4n) is 1.82. The number of nitrogens with two attached hydrogens (primary N) is 1. The lowest BCUT2D eigenvalue weighted by Crippen LogP contribution is -2.33. The van der Waals surface area contributed by atoms with Crippen LogP contribution in [0.5, 0.6) is 0 Å². The molecule has 7 nitrogen and oxygen atoms in total. The van der Waals surface area contributed by atoms with Crippen LogP contribution in [0.25, 0.3) is 0 Å². The van der Waals surface area contributed by atoms with Crippen LogP contribution in [-0.2, 0) is 14.8 Å². The fraction of sp³-hybridized carbons (Fsp3) is 0.0667. The van der Waals surface area contributed by atoms with Crippen molar-refractivity contribution in [2.24, 2.45) is 5.73 Å². The number of rotatable bonds is 6. The number of carbonyl (C=O) groups excluding carboxylic acids is 2. The van der Waals surface area contributed by atoms with Crippen LogP contribution in [-0.4, -0.2) is 26.8 Å². The zero-order valence-electron chi connectivity index (χ0n) is 12.3. The first-order chi connectivity index (χ1) is 11.3. The monoisotopic (exact) mass is 411 g/mol. The van der Waals surface area contributed by atoms with Gasteiger partial charge >= 0.3 is 0 Å². The predicted octanol–water partition coefficient (Wildman–Crippen LogP) is 1.47. The minimum Gasteiger partial charge on any atom is -0.368 e. The lowest BCUT2D eigenvalue weighted by Gasteiger charge is -2.10. The number of benzene rings is 2. The molecule has 0 aromatic heterocycles. The van der Waals surface area contributed by atoms with Crippen molar-refractivity contribution in [2.45, 2.75) is 4.90 Å². The second kappa shape index (κ2) is 7.45. The van der Waals surface area contributed by atoms with Crippen LogP contribution in [0.3, 0.4) is 0 Å². The second-order valence-corrected chi connectivity index (χ2v) is 7.39. The quantitative estimate of drug-likeness (QED) is 0.666. The molecule has 9 heteroatoms. The van der Waals surface area contributed by atoms with Crippen LogP contribution in [0, 0.1) is 0 Å². The molecule has 0 unspecified atom stereocenters. The Morgan fingerprint density at radius 2 is 1.75 bits per heavy atom. The molecule has 0 saturated heterocycles. The molecule has 2 rings (SSSR count). The first-order valence-corrected chi connectivity index (χ1v) is 9.00. The van der Waals surface area contributed by atoms with Crippen LogP contribution < -0.4 is 15.8 Å². The lowest BCUT2D eigenvalue weighted by molar-refractivity contribution is -0.117. The second-order valence-electron chi connectivity index (χ2n) is 4.79. The highest BCUT2D eigenvalue weighted by Crippen LogP contribution is 2.19. The average Bonchev–Trinajstić information content (AvgIpc) is 2.52. The number of sulfonamides is 1. The van der Waals surface area contributed by atoms with Crippen LogP contribution >= 0.6 is 15.9 Å². The third-order valence-corrected chi connectivity index (χ3v) is 4.85. The van der Waals surface area contributed by atoms with Gasteiger partial charge in [0.1, 0.15) is 0 Å². The van der Waals surface area contributed by atoms with Crippen molar-refractivity contribution in [3.8, 4) is 0 Å². The van der Waals surface area contributed by atoms with E-state index >= 15 is 0 Å². The summed E-state index contributed by atoms with van der Waals surface area (Å²) < 4.78 is 27.8. The summed E-state index contributed by atoms with van der Waals surface area (Å²) in [7, 11) is -3.77. The zero-order chi connectivity index (χ0) is 17.7. The molecular weight excluding hydrogens is 398 g/mol. The molecule has 0 aliphatic carbocycles. The maximum atomic E-state index is 12.3. The Hall–Kier alpha value is -2.39. The third kappa shape index (κ3) is 4.80. The Kier molecular flexibility index (Phi) is 5.58. The number of halogens is 1. The Balaban J connectivity index is 2.18. The van der Waals surface area contributed by atoms with Crippen LogP contribution in [0.2, 0.25) is 0 Å². The van der Waals surface area contributed by atoms with Gasteiger partial charge in [0.25, 0.3) is 15.9 Å². The summed E-state index contributed by atoms with van der Waals surface area (Å²) in [5.41, 5.74) is 5.39. The molecule has 0 saturated carbocycles. The van der Waals surface area contributed by atoms with Crippen molar-refractivity contribution in [1.82, 2.24) is 5.32 Å². The van der Waals surface area contributed by atoms with Gasteiger partial charge in [-0.2, -0.15) is 0 Å². The van der Waals surface area contributed by atoms with Gasteiger partial charge in [-0.1, -0.05) is 22.0 Å². The van der Waals surface area contributed by atoms with Gasteiger partial charge in [0.05, 0.1) is 11.4 Å². The van der Waals surface area contributed by atoms with Crippen molar-refractivity contribution in [3.05, 3.63) is 58.6 Å². The molecule has 0 aliphatic rings. The average molecular weight is 412 g/mol. The minimum atomic E-state index is -3.77. The van der Waals surface area contributed by atoms with Gasteiger partial charge in [-0.25, -0.2) is 8.42 Å². The number of nitrogens with one attached hydrogen (secondary N) is 2. The van der Waals surface area contributed by atoms with E-state index in [1.807, 2.05) is 0 Å². The highest BCUT2D eigenvalue weighted by Gasteiger charge is 2.15. The number of carbonyl (C=O) groups is 2. The van der Waals surface area contributed by atoms with E-state index in [9.17, 15) is 18.0 Å².